The van der Waals surface area contributed by atoms with Gasteiger partial charge >= 0.3 is 6.03 Å². The number of urea groups is 1. The summed E-state index contributed by atoms with van der Waals surface area (Å²) in [4.78, 5) is 18.6. The number of hydrogen-bond donors (Lipinski definition) is 1. The molecule has 0 radical (unpaired) electrons. The molecule has 1 atom stereocenters. The molecule has 2 amide bonds. The molecule has 1 aliphatic heterocycles. The number of aryl methyl sites for hydroxylation is 2. The number of aromatic nitrogens is 1. The fraction of sp³-hybridized carbons (Fsp3) is 0.368. The Labute approximate surface area is 153 Å². The van der Waals surface area contributed by atoms with E-state index < -0.39 is 0 Å². The molecule has 1 aromatic carbocycles. The van der Waals surface area contributed by atoms with Gasteiger partial charge in [0.05, 0.1) is 11.6 Å². The van der Waals surface area contributed by atoms with Gasteiger partial charge in [0.25, 0.3) is 0 Å². The summed E-state index contributed by atoms with van der Waals surface area (Å²) in [5.41, 5.74) is 1.97. The summed E-state index contributed by atoms with van der Waals surface area (Å²) in [5, 5.41) is 3.49. The van der Waals surface area contributed by atoms with Gasteiger partial charge < -0.3 is 9.64 Å². The number of nitrogens with one attached hydrogen (secondary N) is 1. The molecule has 1 N–H and O–H groups in total. The number of halogens is 1. The largest absolute Gasteiger partial charge is 0.492 e. The van der Waals surface area contributed by atoms with E-state index in [1.54, 1.807) is 4.90 Å². The Kier molecular flexibility index (Phi) is 5.43. The highest BCUT2D eigenvalue weighted by atomic mass is 35.5. The van der Waals surface area contributed by atoms with E-state index >= 15 is 0 Å². The van der Waals surface area contributed by atoms with Crippen LogP contribution < -0.4 is 10.1 Å². The number of benzene rings is 1. The van der Waals surface area contributed by atoms with Gasteiger partial charge in [-0.3, -0.25) is 5.32 Å². The Bertz CT molecular complexity index is 746. The topological polar surface area (TPSA) is 54.5 Å². The van der Waals surface area contributed by atoms with Gasteiger partial charge in [-0.15, -0.1) is 0 Å². The lowest BCUT2D eigenvalue weighted by molar-refractivity contribution is 0.214. The minimum Gasteiger partial charge on any atom is -0.492 e. The van der Waals surface area contributed by atoms with Crippen LogP contribution in [0.4, 0.5) is 10.6 Å². The molecule has 1 aromatic heterocycles. The average Bonchev–Trinajstić information content (AvgIpc) is 3.02. The standard InChI is InChI=1S/C19H22ClN3O2/c1-13-9-14(2)21-18(10-13)22-19(24)23-8-7-15(11-23)12-25-17-6-4-3-5-16(17)20/h3-6,9-10,15H,7-8,11-12H2,1-2H3,(H,21,22,24). The van der Waals surface area contributed by atoms with Gasteiger partial charge in [-0.05, 0) is 50.1 Å². The van der Waals surface area contributed by atoms with Crippen molar-refractivity contribution in [2.75, 3.05) is 25.0 Å². The molecule has 0 saturated carbocycles. The number of amides is 2. The quantitative estimate of drug-likeness (QED) is 0.886. The van der Waals surface area contributed by atoms with Crippen LogP contribution in [0.2, 0.25) is 5.02 Å². The molecule has 3 rings (SSSR count). The zero-order valence-electron chi connectivity index (χ0n) is 14.5. The Morgan fingerprint density at radius 1 is 1.36 bits per heavy atom. The molecule has 1 unspecified atom stereocenters. The van der Waals surface area contributed by atoms with Crippen LogP contribution in [0.3, 0.4) is 0 Å². The number of carbonyl (C=O) groups excluding carboxylic acids is 1. The Balaban J connectivity index is 1.52. The number of hydrogen-bond acceptors (Lipinski definition) is 3. The summed E-state index contributed by atoms with van der Waals surface area (Å²) < 4.78 is 5.80. The summed E-state index contributed by atoms with van der Waals surface area (Å²) in [5.74, 6) is 1.58. The van der Waals surface area contributed by atoms with Crippen LogP contribution in [-0.4, -0.2) is 35.6 Å². The van der Waals surface area contributed by atoms with E-state index in [1.807, 2.05) is 50.2 Å². The molecule has 2 aromatic rings. The fourth-order valence-corrected chi connectivity index (χ4v) is 3.21. The lowest BCUT2D eigenvalue weighted by Gasteiger charge is -2.18. The molecule has 0 spiro atoms. The fourth-order valence-electron chi connectivity index (χ4n) is 3.02. The maximum absolute atomic E-state index is 12.4. The number of ether oxygens (including phenoxy) is 1. The predicted octanol–water partition coefficient (Wildman–Crippen LogP) is 4.28. The first kappa shape index (κ1) is 17.5. The van der Waals surface area contributed by atoms with E-state index in [2.05, 4.69) is 10.3 Å². The van der Waals surface area contributed by atoms with E-state index in [4.69, 9.17) is 16.3 Å². The number of pyridine rings is 1. The highest BCUT2D eigenvalue weighted by Crippen LogP contribution is 2.25. The molecule has 1 saturated heterocycles. The summed E-state index contributed by atoms with van der Waals surface area (Å²) >= 11 is 6.10. The number of para-hydroxylation sites is 1. The molecule has 25 heavy (non-hydrogen) atoms. The summed E-state index contributed by atoms with van der Waals surface area (Å²) in [6.45, 7) is 5.84. The van der Waals surface area contributed by atoms with Crippen molar-refractivity contribution in [1.82, 2.24) is 9.88 Å². The van der Waals surface area contributed by atoms with Crippen molar-refractivity contribution in [2.24, 2.45) is 5.92 Å². The van der Waals surface area contributed by atoms with Crippen molar-refractivity contribution in [3.63, 3.8) is 0 Å². The first-order valence-corrected chi connectivity index (χ1v) is 8.77. The van der Waals surface area contributed by atoms with E-state index in [1.165, 1.54) is 0 Å². The lowest BCUT2D eigenvalue weighted by Crippen LogP contribution is -2.33. The predicted molar refractivity (Wildman–Crippen MR) is 99.4 cm³/mol. The van der Waals surface area contributed by atoms with Crippen molar-refractivity contribution in [3.05, 3.63) is 52.7 Å². The lowest BCUT2D eigenvalue weighted by atomic mass is 10.1. The number of anilines is 1. The van der Waals surface area contributed by atoms with Gasteiger partial charge in [0.1, 0.15) is 11.6 Å². The summed E-state index contributed by atoms with van der Waals surface area (Å²) in [6.07, 6.45) is 0.915. The Morgan fingerprint density at radius 2 is 2.16 bits per heavy atom. The van der Waals surface area contributed by atoms with Crippen molar-refractivity contribution >= 4 is 23.4 Å². The molecule has 6 heteroatoms. The molecule has 1 fully saturated rings. The van der Waals surface area contributed by atoms with Crippen molar-refractivity contribution in [2.45, 2.75) is 20.3 Å². The van der Waals surface area contributed by atoms with Gasteiger partial charge in [0.2, 0.25) is 0 Å². The van der Waals surface area contributed by atoms with E-state index in [-0.39, 0.29) is 6.03 Å². The highest BCUT2D eigenvalue weighted by molar-refractivity contribution is 6.32. The smallest absolute Gasteiger partial charge is 0.323 e. The van der Waals surface area contributed by atoms with Gasteiger partial charge in [0.15, 0.2) is 0 Å². The van der Waals surface area contributed by atoms with E-state index in [0.29, 0.717) is 42.2 Å². The van der Waals surface area contributed by atoms with Crippen molar-refractivity contribution in [3.8, 4) is 5.75 Å². The molecular formula is C19H22ClN3O2. The van der Waals surface area contributed by atoms with E-state index in [9.17, 15) is 4.79 Å². The van der Waals surface area contributed by atoms with Crippen LogP contribution in [0.5, 0.6) is 5.75 Å². The third-order valence-corrected chi connectivity index (χ3v) is 4.53. The molecular weight excluding hydrogens is 338 g/mol. The zero-order chi connectivity index (χ0) is 17.8. The molecule has 0 aliphatic carbocycles. The number of nitrogens with zero attached hydrogens (tertiary/aromatic N) is 2. The second-order valence-electron chi connectivity index (χ2n) is 6.44. The number of likely N-dealkylation sites (tertiary alicyclic amines) is 1. The molecule has 2 heterocycles. The van der Waals surface area contributed by atoms with Crippen LogP contribution in [0.15, 0.2) is 36.4 Å². The molecule has 1 aliphatic rings. The zero-order valence-corrected chi connectivity index (χ0v) is 15.2. The first-order chi connectivity index (χ1) is 12.0. The minimum atomic E-state index is -0.113. The monoisotopic (exact) mass is 359 g/mol. The van der Waals surface area contributed by atoms with Crippen LogP contribution in [0, 0.1) is 19.8 Å². The SMILES string of the molecule is Cc1cc(C)nc(NC(=O)N2CCC(COc3ccccc3Cl)C2)c1. The minimum absolute atomic E-state index is 0.113. The number of rotatable bonds is 4. The maximum atomic E-state index is 12.4. The van der Waals surface area contributed by atoms with Gasteiger partial charge in [-0.25, -0.2) is 9.78 Å². The third kappa shape index (κ3) is 4.63. The number of carbonyl (C=O) groups is 1. The average molecular weight is 360 g/mol. The molecule has 5 nitrogen and oxygen atoms in total. The second kappa shape index (κ2) is 7.74. The summed E-state index contributed by atoms with van der Waals surface area (Å²) in [6, 6.07) is 11.2. The third-order valence-electron chi connectivity index (χ3n) is 4.22. The van der Waals surface area contributed by atoms with E-state index in [0.717, 1.165) is 17.7 Å². The summed E-state index contributed by atoms with van der Waals surface area (Å²) in [7, 11) is 0. The molecule has 0 bridgehead atoms. The van der Waals surface area contributed by atoms with Gasteiger partial charge in [-0.1, -0.05) is 23.7 Å². The van der Waals surface area contributed by atoms with Gasteiger partial charge in [0, 0.05) is 24.7 Å². The van der Waals surface area contributed by atoms with Crippen LogP contribution in [-0.2, 0) is 0 Å². The normalized spacial score (nSPS) is 16.8. The van der Waals surface area contributed by atoms with Crippen molar-refractivity contribution < 1.29 is 9.53 Å². The maximum Gasteiger partial charge on any atom is 0.323 e. The van der Waals surface area contributed by atoms with Crippen LogP contribution >= 0.6 is 11.6 Å². The second-order valence-corrected chi connectivity index (χ2v) is 6.85. The molecule has 132 valence electrons. The van der Waals surface area contributed by atoms with Crippen LogP contribution in [0.25, 0.3) is 0 Å². The Hall–Kier alpha value is -2.27. The van der Waals surface area contributed by atoms with Crippen molar-refractivity contribution in [1.29, 1.82) is 0 Å². The van der Waals surface area contributed by atoms with Crippen LogP contribution in [0.1, 0.15) is 17.7 Å². The highest BCUT2D eigenvalue weighted by Gasteiger charge is 2.27. The Morgan fingerprint density at radius 3 is 2.92 bits per heavy atom. The van der Waals surface area contributed by atoms with Gasteiger partial charge in [-0.2, -0.15) is 0 Å². The first-order valence-electron chi connectivity index (χ1n) is 8.40.